The number of fused-ring (bicyclic) bond motifs is 1. The van der Waals surface area contributed by atoms with Crippen LogP contribution in [0.2, 0.25) is 5.02 Å². The maximum Gasteiger partial charge on any atom is 0.460 e. The fourth-order valence-corrected chi connectivity index (χ4v) is 2.89. The summed E-state index contributed by atoms with van der Waals surface area (Å²) in [4.78, 5) is 13.1. The molecular formula is C17H5ClF17NO. The van der Waals surface area contributed by atoms with Gasteiger partial charge >= 0.3 is 47.6 Å². The molecule has 1 aromatic carbocycles. The van der Waals surface area contributed by atoms with Gasteiger partial charge in [-0.15, -0.1) is 0 Å². The number of halogens is 18. The van der Waals surface area contributed by atoms with Gasteiger partial charge in [0, 0.05) is 22.0 Å². The van der Waals surface area contributed by atoms with Crippen LogP contribution in [-0.4, -0.2) is 46.7 Å². The summed E-state index contributed by atoms with van der Waals surface area (Å²) in [5.41, 5.74) is -5.32. The maximum atomic E-state index is 14.3. The van der Waals surface area contributed by atoms with Crippen LogP contribution in [0.25, 0.3) is 10.9 Å². The first-order chi connectivity index (χ1) is 16.1. The van der Waals surface area contributed by atoms with E-state index in [1.54, 1.807) is 0 Å². The number of aromatic amines is 1. The van der Waals surface area contributed by atoms with Gasteiger partial charge in [0.15, 0.2) is 5.43 Å². The lowest BCUT2D eigenvalue weighted by Gasteiger charge is -2.42. The Kier molecular flexibility index (Phi) is 6.87. The van der Waals surface area contributed by atoms with Crippen LogP contribution in [0.15, 0.2) is 29.1 Å². The Bertz CT molecular complexity index is 1250. The first kappa shape index (κ1) is 30.8. The van der Waals surface area contributed by atoms with Gasteiger partial charge in [0.2, 0.25) is 0 Å². The lowest BCUT2D eigenvalue weighted by molar-refractivity contribution is -0.462. The van der Waals surface area contributed by atoms with E-state index < -0.39 is 75.7 Å². The van der Waals surface area contributed by atoms with Crippen LogP contribution in [0.4, 0.5) is 74.6 Å². The number of aromatic nitrogens is 1. The predicted octanol–water partition coefficient (Wildman–Crippen LogP) is 7.65. The van der Waals surface area contributed by atoms with Gasteiger partial charge in [-0.1, -0.05) is 11.6 Å². The van der Waals surface area contributed by atoms with Crippen LogP contribution in [0, 0.1) is 0 Å². The Balaban J connectivity index is 2.73. The zero-order chi connectivity index (χ0) is 29.4. The van der Waals surface area contributed by atoms with E-state index in [1.807, 2.05) is 0 Å². The van der Waals surface area contributed by atoms with Crippen molar-refractivity contribution in [3.8, 4) is 0 Å². The van der Waals surface area contributed by atoms with Gasteiger partial charge in [-0.25, -0.2) is 0 Å². The molecule has 0 spiro atoms. The van der Waals surface area contributed by atoms with Crippen molar-refractivity contribution < 1.29 is 74.6 Å². The monoisotopic (exact) mass is 597 g/mol. The van der Waals surface area contributed by atoms with Crippen LogP contribution in [0.1, 0.15) is 5.69 Å². The molecule has 1 aromatic heterocycles. The molecule has 0 aliphatic heterocycles. The smallest absolute Gasteiger partial charge is 0.353 e. The zero-order valence-corrected chi connectivity index (χ0v) is 17.3. The summed E-state index contributed by atoms with van der Waals surface area (Å²) in [5.74, 6) is -57.5. The quantitative estimate of drug-likeness (QED) is 0.327. The average Bonchev–Trinajstić information content (AvgIpc) is 2.72. The Labute approximate surface area is 196 Å². The second-order valence-electron chi connectivity index (χ2n) is 7.26. The summed E-state index contributed by atoms with van der Waals surface area (Å²) in [6.45, 7) is 0. The average molecular weight is 598 g/mol. The molecule has 0 fully saturated rings. The molecule has 20 heteroatoms. The van der Waals surface area contributed by atoms with Gasteiger partial charge < -0.3 is 4.98 Å². The van der Waals surface area contributed by atoms with E-state index in [4.69, 9.17) is 11.6 Å². The number of hydrogen-bond acceptors (Lipinski definition) is 1. The number of nitrogens with one attached hydrogen (secondary N) is 1. The largest absolute Gasteiger partial charge is 0.460 e. The SMILES string of the molecule is O=c1cc(C(F)(F)C(F)(F)C(F)(F)C(F)(F)C(F)(F)C(F)(F)C(F)(F)C(F)(F)F)[nH]c2ccc(Cl)cc12. The van der Waals surface area contributed by atoms with E-state index in [-0.39, 0.29) is 5.02 Å². The van der Waals surface area contributed by atoms with E-state index in [0.29, 0.717) is 12.1 Å². The number of rotatable bonds is 7. The van der Waals surface area contributed by atoms with Crippen molar-refractivity contribution in [3.63, 3.8) is 0 Å². The second-order valence-corrected chi connectivity index (χ2v) is 7.69. The number of pyridine rings is 1. The molecule has 0 radical (unpaired) electrons. The van der Waals surface area contributed by atoms with Crippen LogP contribution < -0.4 is 5.43 Å². The third-order valence-electron chi connectivity index (χ3n) is 4.85. The summed E-state index contributed by atoms with van der Waals surface area (Å²) < 4.78 is 228. The van der Waals surface area contributed by atoms with Crippen LogP contribution in [0.3, 0.4) is 0 Å². The minimum Gasteiger partial charge on any atom is -0.353 e. The molecule has 0 saturated carbocycles. The highest BCUT2D eigenvalue weighted by molar-refractivity contribution is 6.31. The third kappa shape index (κ3) is 3.98. The molecule has 0 aliphatic carbocycles. The normalized spacial score (nSPS) is 15.4. The van der Waals surface area contributed by atoms with Gasteiger partial charge in [-0.2, -0.15) is 74.6 Å². The first-order valence-electron chi connectivity index (χ1n) is 8.67. The topological polar surface area (TPSA) is 32.9 Å². The van der Waals surface area contributed by atoms with Crippen LogP contribution in [0.5, 0.6) is 0 Å². The van der Waals surface area contributed by atoms with E-state index in [0.717, 1.165) is 6.07 Å². The fraction of sp³-hybridized carbons (Fsp3) is 0.471. The molecule has 2 nitrogen and oxygen atoms in total. The van der Waals surface area contributed by atoms with Gasteiger partial charge in [-0.3, -0.25) is 4.79 Å². The summed E-state index contributed by atoms with van der Waals surface area (Å²) in [5, 5.41) is -0.958. The Morgan fingerprint density at radius 2 is 0.973 bits per heavy atom. The summed E-state index contributed by atoms with van der Waals surface area (Å²) in [6.07, 6.45) is -7.83. The molecule has 210 valence electrons. The van der Waals surface area contributed by atoms with Crippen molar-refractivity contribution in [1.82, 2.24) is 4.98 Å². The van der Waals surface area contributed by atoms with E-state index in [2.05, 4.69) is 0 Å². The molecule has 0 bridgehead atoms. The molecule has 1 heterocycles. The number of hydrogen-bond donors (Lipinski definition) is 1. The highest BCUT2D eigenvalue weighted by atomic mass is 35.5. The lowest BCUT2D eigenvalue weighted by Crippen LogP contribution is -2.74. The van der Waals surface area contributed by atoms with E-state index in [9.17, 15) is 79.4 Å². The van der Waals surface area contributed by atoms with Crippen molar-refractivity contribution in [2.45, 2.75) is 47.6 Å². The molecule has 0 unspecified atom stereocenters. The molecule has 0 amide bonds. The first-order valence-corrected chi connectivity index (χ1v) is 9.05. The highest BCUT2D eigenvalue weighted by Crippen LogP contribution is 2.64. The molecule has 37 heavy (non-hydrogen) atoms. The van der Waals surface area contributed by atoms with Gasteiger partial charge in [-0.05, 0) is 18.2 Å². The molecule has 1 N–H and O–H groups in total. The highest BCUT2D eigenvalue weighted by Gasteiger charge is 2.95. The van der Waals surface area contributed by atoms with Crippen molar-refractivity contribution >= 4 is 22.5 Å². The second kappa shape index (κ2) is 8.26. The Morgan fingerprint density at radius 1 is 0.568 bits per heavy atom. The molecular weight excluding hydrogens is 593 g/mol. The van der Waals surface area contributed by atoms with Crippen molar-refractivity contribution in [2.24, 2.45) is 0 Å². The minimum absolute atomic E-state index is 0.271. The maximum absolute atomic E-state index is 14.3. The summed E-state index contributed by atoms with van der Waals surface area (Å²) in [7, 11) is 0. The standard InChI is InChI=1S/C17H5ClF17NO/c18-5-1-2-7-6(3-5)8(37)4-9(36-7)10(19,20)11(21,22)12(23,24)13(25,26)14(27,28)15(29,30)16(31,32)17(33,34)35/h1-4H,(H,36,37). The van der Waals surface area contributed by atoms with Gasteiger partial charge in [0.05, 0.1) is 5.69 Å². The van der Waals surface area contributed by atoms with Crippen molar-refractivity contribution in [3.05, 3.63) is 45.2 Å². The van der Waals surface area contributed by atoms with E-state index in [1.165, 1.54) is 4.98 Å². The van der Waals surface area contributed by atoms with Crippen LogP contribution >= 0.6 is 11.6 Å². The third-order valence-corrected chi connectivity index (χ3v) is 5.09. The van der Waals surface area contributed by atoms with Crippen molar-refractivity contribution in [1.29, 1.82) is 0 Å². The Morgan fingerprint density at radius 3 is 1.41 bits per heavy atom. The molecule has 2 rings (SSSR count). The minimum atomic E-state index is -8.73. The molecule has 0 saturated heterocycles. The number of alkyl halides is 17. The van der Waals surface area contributed by atoms with Gasteiger partial charge in [0.25, 0.3) is 0 Å². The molecule has 0 aliphatic rings. The van der Waals surface area contributed by atoms with Gasteiger partial charge in [0.1, 0.15) is 0 Å². The number of H-pyrrole nitrogens is 1. The molecule has 2 aromatic rings. The number of benzene rings is 1. The lowest BCUT2D eigenvalue weighted by atomic mass is 9.88. The van der Waals surface area contributed by atoms with Crippen LogP contribution in [-0.2, 0) is 5.92 Å². The Hall–Kier alpha value is -2.47. The summed E-state index contributed by atoms with van der Waals surface area (Å²) in [6, 6.07) is 1.48. The molecule has 0 atom stereocenters. The predicted molar refractivity (Wildman–Crippen MR) is 89.2 cm³/mol. The summed E-state index contributed by atoms with van der Waals surface area (Å²) >= 11 is 5.48. The van der Waals surface area contributed by atoms with Crippen molar-refractivity contribution in [2.75, 3.05) is 0 Å². The van der Waals surface area contributed by atoms with E-state index >= 15 is 0 Å². The fourth-order valence-electron chi connectivity index (χ4n) is 2.72. The zero-order valence-electron chi connectivity index (χ0n) is 16.5.